The lowest BCUT2D eigenvalue weighted by Crippen LogP contribution is -2.43. The highest BCUT2D eigenvalue weighted by molar-refractivity contribution is 6.39. The molecule has 1 fully saturated rings. The number of hydrogen-bond donors (Lipinski definition) is 2. The van der Waals surface area contributed by atoms with E-state index in [0.717, 1.165) is 22.3 Å². The van der Waals surface area contributed by atoms with Crippen LogP contribution in [0.4, 0.5) is 10.5 Å². The van der Waals surface area contributed by atoms with E-state index in [4.69, 9.17) is 32.7 Å². The zero-order chi connectivity index (χ0) is 25.9. The zero-order valence-electron chi connectivity index (χ0n) is 20.0. The molecule has 5 rings (SSSR count). The van der Waals surface area contributed by atoms with Crippen molar-refractivity contribution in [2.75, 3.05) is 37.8 Å². The summed E-state index contributed by atoms with van der Waals surface area (Å²) in [4.78, 5) is 26.7. The minimum atomic E-state index is -1.21. The molecule has 3 aromatic carbocycles. The second-order valence-electron chi connectivity index (χ2n) is 9.07. The van der Waals surface area contributed by atoms with Crippen molar-refractivity contribution in [3.8, 4) is 11.1 Å². The molecule has 1 aliphatic carbocycles. The van der Waals surface area contributed by atoms with Crippen molar-refractivity contribution in [2.45, 2.75) is 18.4 Å². The Balaban J connectivity index is 1.25. The average Bonchev–Trinajstić information content (AvgIpc) is 3.21. The Morgan fingerprint density at radius 2 is 1.57 bits per heavy atom. The molecule has 1 saturated heterocycles. The molecule has 9 heteroatoms. The molecule has 3 aromatic rings. The van der Waals surface area contributed by atoms with Crippen LogP contribution in [0.2, 0.25) is 10.0 Å². The van der Waals surface area contributed by atoms with Crippen LogP contribution in [0.5, 0.6) is 0 Å². The highest BCUT2D eigenvalue weighted by atomic mass is 35.5. The van der Waals surface area contributed by atoms with E-state index in [-0.39, 0.29) is 18.9 Å². The van der Waals surface area contributed by atoms with Gasteiger partial charge in [-0.05, 0) is 39.9 Å². The molecular formula is C28H26Cl2N2O5. The lowest BCUT2D eigenvalue weighted by molar-refractivity contribution is -0.139. The van der Waals surface area contributed by atoms with Crippen molar-refractivity contribution in [3.63, 3.8) is 0 Å². The number of aliphatic carboxylic acids is 1. The summed E-state index contributed by atoms with van der Waals surface area (Å²) in [5.41, 5.74) is 5.69. The summed E-state index contributed by atoms with van der Waals surface area (Å²) in [5, 5.41) is 13.1. The van der Waals surface area contributed by atoms with Gasteiger partial charge in [-0.15, -0.1) is 0 Å². The molecule has 0 spiro atoms. The summed E-state index contributed by atoms with van der Waals surface area (Å²) < 4.78 is 10.9. The predicted octanol–water partition coefficient (Wildman–Crippen LogP) is 5.36. The number of fused-ring (bicyclic) bond motifs is 3. The number of carbonyl (C=O) groups excluding carboxylic acids is 1. The molecule has 1 heterocycles. The first kappa shape index (κ1) is 25.4. The number of carbonyl (C=O) groups is 2. The number of nitrogens with one attached hydrogen (secondary N) is 1. The fourth-order valence-corrected chi connectivity index (χ4v) is 5.81. The number of halogens is 2. The number of carboxylic acid groups (broad SMARTS) is 1. The van der Waals surface area contributed by atoms with Crippen molar-refractivity contribution in [2.24, 2.45) is 0 Å². The monoisotopic (exact) mass is 540 g/mol. The molecule has 1 aliphatic heterocycles. The first-order chi connectivity index (χ1) is 17.9. The highest BCUT2D eigenvalue weighted by Gasteiger charge is 2.30. The third-order valence-corrected chi connectivity index (χ3v) is 7.35. The number of nitrogens with zero attached hydrogens (tertiary/aromatic N) is 1. The SMILES string of the molecule is O=C(NC(Cc1cc(Cl)c(N2CCOCC2)c(Cl)c1)C(=O)O)OCC1c2ccccc2-c2ccccc21. The van der Waals surface area contributed by atoms with Crippen LogP contribution in [0.15, 0.2) is 60.7 Å². The summed E-state index contributed by atoms with van der Waals surface area (Å²) >= 11 is 13.0. The Kier molecular flexibility index (Phi) is 7.55. The van der Waals surface area contributed by atoms with Crippen LogP contribution >= 0.6 is 23.2 Å². The fraction of sp³-hybridized carbons (Fsp3) is 0.286. The van der Waals surface area contributed by atoms with Crippen LogP contribution in [-0.4, -0.2) is 56.1 Å². The van der Waals surface area contributed by atoms with E-state index in [2.05, 4.69) is 17.4 Å². The van der Waals surface area contributed by atoms with Crippen LogP contribution < -0.4 is 10.2 Å². The Bertz CT molecular complexity index is 1260. The van der Waals surface area contributed by atoms with Gasteiger partial charge in [-0.1, -0.05) is 71.7 Å². The summed E-state index contributed by atoms with van der Waals surface area (Å²) in [6.45, 7) is 2.59. The largest absolute Gasteiger partial charge is 0.480 e. The summed E-state index contributed by atoms with van der Waals surface area (Å²) in [7, 11) is 0. The minimum Gasteiger partial charge on any atom is -0.480 e. The number of alkyl carbamates (subject to hydrolysis) is 1. The van der Waals surface area contributed by atoms with Crippen molar-refractivity contribution in [1.29, 1.82) is 0 Å². The number of ether oxygens (including phenoxy) is 2. The third-order valence-electron chi connectivity index (χ3n) is 6.78. The molecule has 0 radical (unpaired) electrons. The smallest absolute Gasteiger partial charge is 0.407 e. The van der Waals surface area contributed by atoms with E-state index < -0.39 is 18.1 Å². The quantitative estimate of drug-likeness (QED) is 0.419. The fourth-order valence-electron chi connectivity index (χ4n) is 5.04. The van der Waals surface area contributed by atoms with E-state index in [1.165, 1.54) is 0 Å². The maximum atomic E-state index is 12.7. The number of morpholine rings is 1. The first-order valence-corrected chi connectivity index (χ1v) is 12.8. The standard InChI is InChI=1S/C28H26Cl2N2O5/c29-23-13-17(14-24(30)26(23)32-9-11-36-12-10-32)15-25(27(33)34)31-28(35)37-16-22-20-7-3-1-5-18(20)19-6-2-4-8-21(19)22/h1-8,13-14,22,25H,9-12,15-16H2,(H,31,35)(H,33,34). The number of amides is 1. The van der Waals surface area contributed by atoms with Crippen molar-refractivity contribution in [1.82, 2.24) is 5.32 Å². The van der Waals surface area contributed by atoms with Crippen molar-refractivity contribution in [3.05, 3.63) is 87.4 Å². The molecule has 1 amide bonds. The zero-order valence-corrected chi connectivity index (χ0v) is 21.5. The van der Waals surface area contributed by atoms with Gasteiger partial charge < -0.3 is 24.8 Å². The molecular weight excluding hydrogens is 515 g/mol. The second-order valence-corrected chi connectivity index (χ2v) is 9.89. The maximum absolute atomic E-state index is 12.7. The molecule has 7 nitrogen and oxygen atoms in total. The van der Waals surface area contributed by atoms with Crippen LogP contribution in [0, 0.1) is 0 Å². The van der Waals surface area contributed by atoms with Gasteiger partial charge in [-0.2, -0.15) is 0 Å². The number of rotatable bonds is 7. The molecule has 1 atom stereocenters. The van der Waals surface area contributed by atoms with Gasteiger partial charge in [0.1, 0.15) is 12.6 Å². The molecule has 0 saturated carbocycles. The lowest BCUT2D eigenvalue weighted by Gasteiger charge is -2.30. The van der Waals surface area contributed by atoms with Crippen molar-refractivity contribution < 1.29 is 24.2 Å². The molecule has 0 aromatic heterocycles. The summed E-state index contributed by atoms with van der Waals surface area (Å²) in [5.74, 6) is -1.30. The van der Waals surface area contributed by atoms with Gasteiger partial charge in [0, 0.05) is 25.4 Å². The van der Waals surface area contributed by atoms with E-state index >= 15 is 0 Å². The Morgan fingerprint density at radius 3 is 2.14 bits per heavy atom. The second kappa shape index (κ2) is 11.0. The molecule has 192 valence electrons. The van der Waals surface area contributed by atoms with Gasteiger partial charge in [-0.3, -0.25) is 0 Å². The van der Waals surface area contributed by atoms with Crippen LogP contribution in [0.1, 0.15) is 22.6 Å². The maximum Gasteiger partial charge on any atom is 0.407 e. The van der Waals surface area contributed by atoms with Gasteiger partial charge in [0.05, 0.1) is 28.9 Å². The number of carboxylic acids is 1. The van der Waals surface area contributed by atoms with Gasteiger partial charge in [0.2, 0.25) is 0 Å². The number of hydrogen-bond acceptors (Lipinski definition) is 5. The highest BCUT2D eigenvalue weighted by Crippen LogP contribution is 2.44. The van der Waals surface area contributed by atoms with Crippen LogP contribution in [0.25, 0.3) is 11.1 Å². The first-order valence-electron chi connectivity index (χ1n) is 12.1. The van der Waals surface area contributed by atoms with Crippen LogP contribution in [-0.2, 0) is 20.7 Å². The van der Waals surface area contributed by atoms with Crippen LogP contribution in [0.3, 0.4) is 0 Å². The Hall–Kier alpha value is -3.26. The molecule has 37 heavy (non-hydrogen) atoms. The van der Waals surface area contributed by atoms with E-state index in [1.54, 1.807) is 12.1 Å². The molecule has 2 aliphatic rings. The predicted molar refractivity (Wildman–Crippen MR) is 143 cm³/mol. The average molecular weight is 541 g/mol. The number of benzene rings is 3. The number of anilines is 1. The van der Waals surface area contributed by atoms with Gasteiger partial charge in [0.25, 0.3) is 0 Å². The van der Waals surface area contributed by atoms with Gasteiger partial charge >= 0.3 is 12.1 Å². The lowest BCUT2D eigenvalue weighted by atomic mass is 9.98. The molecule has 2 N–H and O–H groups in total. The normalized spacial score (nSPS) is 15.6. The molecule has 1 unspecified atom stereocenters. The molecule has 0 bridgehead atoms. The van der Waals surface area contributed by atoms with Crippen molar-refractivity contribution >= 4 is 41.0 Å². The third kappa shape index (κ3) is 5.39. The van der Waals surface area contributed by atoms with E-state index in [1.807, 2.05) is 41.3 Å². The van der Waals surface area contributed by atoms with E-state index in [9.17, 15) is 14.7 Å². The minimum absolute atomic E-state index is 0.00234. The Labute approximate surface area is 224 Å². The topological polar surface area (TPSA) is 88.1 Å². The van der Waals surface area contributed by atoms with Gasteiger partial charge in [0.15, 0.2) is 0 Å². The summed E-state index contributed by atoms with van der Waals surface area (Å²) in [6, 6.07) is 18.2. The van der Waals surface area contributed by atoms with Gasteiger partial charge in [-0.25, -0.2) is 9.59 Å². The Morgan fingerprint density at radius 1 is 1.00 bits per heavy atom. The summed E-state index contributed by atoms with van der Waals surface area (Å²) in [6.07, 6.45) is -0.793. The van der Waals surface area contributed by atoms with E-state index in [0.29, 0.717) is 47.6 Å².